The van der Waals surface area contributed by atoms with Crippen molar-refractivity contribution in [3.05, 3.63) is 0 Å². The van der Waals surface area contributed by atoms with Crippen molar-refractivity contribution in [2.75, 3.05) is 14.2 Å². The number of methoxy groups -OCH3 is 2. The molecule has 0 aromatic rings. The fourth-order valence-electron chi connectivity index (χ4n) is 0.0962. The lowest BCUT2D eigenvalue weighted by atomic mass is 10.8. The number of hydrogen-bond acceptors (Lipinski definition) is 2. The molecule has 0 atom stereocenters. The molecule has 0 N–H and O–H groups in total. The number of alkyl halides is 3. The molecule has 0 unspecified atom stereocenters. The molecule has 0 aliphatic carbocycles. The first-order chi connectivity index (χ1) is 4.54. The van der Waals surface area contributed by atoms with Crippen LogP contribution in [0.25, 0.3) is 0 Å². The molecule has 0 aliphatic heterocycles. The van der Waals surface area contributed by atoms with Gasteiger partial charge in [-0.05, 0) is 6.92 Å². The first-order valence-electron chi connectivity index (χ1n) is 2.52. The van der Waals surface area contributed by atoms with E-state index in [4.69, 9.17) is 34.8 Å². The van der Waals surface area contributed by atoms with Gasteiger partial charge in [-0.3, -0.25) is 0 Å². The Bertz CT molecular complexity index is 54.1. The van der Waals surface area contributed by atoms with Crippen LogP contribution in [0.3, 0.4) is 0 Å². The highest BCUT2D eigenvalue weighted by atomic mass is 35.6. The molecule has 0 saturated heterocycles. The highest BCUT2D eigenvalue weighted by molar-refractivity contribution is 6.63. The van der Waals surface area contributed by atoms with E-state index in [9.17, 15) is 0 Å². The van der Waals surface area contributed by atoms with Gasteiger partial charge in [0.15, 0.2) is 10.6 Å². The molecule has 0 aromatic carbocycles. The molecule has 64 valence electrons. The third kappa shape index (κ3) is 23.2. The first kappa shape index (κ1) is 13.4. The Balaban J connectivity index is 0. The minimum absolute atomic E-state index is 0.0648. The van der Waals surface area contributed by atoms with Crippen LogP contribution >= 0.6 is 34.8 Å². The molecule has 0 fully saturated rings. The van der Waals surface area contributed by atoms with Gasteiger partial charge >= 0.3 is 0 Å². The predicted molar refractivity (Wildman–Crippen MR) is 44.8 cm³/mol. The second kappa shape index (κ2) is 9.79. The van der Waals surface area contributed by atoms with E-state index in [-0.39, 0.29) is 6.29 Å². The van der Waals surface area contributed by atoms with Crippen molar-refractivity contribution in [1.29, 1.82) is 0 Å². The molecule has 0 bridgehead atoms. The van der Waals surface area contributed by atoms with Crippen molar-refractivity contribution in [2.24, 2.45) is 0 Å². The fraction of sp³-hybridized carbons (Fsp3) is 1.00. The molecular weight excluding hydrogens is 198 g/mol. The molecule has 0 rings (SSSR count). The summed E-state index contributed by atoms with van der Waals surface area (Å²) < 4.78 is 8.60. The Kier molecular flexibility index (Phi) is 13.1. The van der Waals surface area contributed by atoms with Gasteiger partial charge in [-0.1, -0.05) is 34.8 Å². The predicted octanol–water partition coefficient (Wildman–Crippen LogP) is 2.61. The van der Waals surface area contributed by atoms with Crippen LogP contribution in [-0.2, 0) is 9.47 Å². The van der Waals surface area contributed by atoms with Crippen LogP contribution in [0.1, 0.15) is 6.92 Å². The van der Waals surface area contributed by atoms with Crippen LogP contribution in [0.2, 0.25) is 0 Å². The van der Waals surface area contributed by atoms with Gasteiger partial charge in [0.1, 0.15) is 0 Å². The zero-order valence-corrected chi connectivity index (χ0v) is 8.37. The summed E-state index contributed by atoms with van der Waals surface area (Å²) in [6.07, 6.45) is -0.0648. The molecule has 5 heteroatoms. The van der Waals surface area contributed by atoms with Crippen LogP contribution in [-0.4, -0.2) is 24.8 Å². The molecule has 0 aliphatic rings. The van der Waals surface area contributed by atoms with Crippen molar-refractivity contribution in [1.82, 2.24) is 0 Å². The van der Waals surface area contributed by atoms with Gasteiger partial charge in [0, 0.05) is 14.2 Å². The topological polar surface area (TPSA) is 18.5 Å². The van der Waals surface area contributed by atoms with E-state index in [2.05, 4.69) is 9.47 Å². The number of halogens is 3. The molecule has 2 nitrogen and oxygen atoms in total. The van der Waals surface area contributed by atoms with Crippen molar-refractivity contribution in [3.8, 4) is 0 Å². The molecular formula is C5H11Cl3O2. The van der Waals surface area contributed by atoms with Crippen molar-refractivity contribution in [2.45, 2.75) is 17.5 Å². The van der Waals surface area contributed by atoms with Crippen LogP contribution in [0, 0.1) is 0 Å². The van der Waals surface area contributed by atoms with Crippen molar-refractivity contribution >= 4 is 34.8 Å². The molecule has 0 heterocycles. The Hall–Kier alpha value is 0.790. The van der Waals surface area contributed by atoms with E-state index in [1.807, 2.05) is 6.92 Å². The summed E-state index contributed by atoms with van der Waals surface area (Å²) >= 11 is 14.4. The quantitative estimate of drug-likeness (QED) is 0.514. The zero-order chi connectivity index (χ0) is 8.57. The van der Waals surface area contributed by atoms with E-state index in [0.29, 0.717) is 0 Å². The van der Waals surface area contributed by atoms with Crippen LogP contribution in [0.4, 0.5) is 0 Å². The van der Waals surface area contributed by atoms with Crippen molar-refractivity contribution < 1.29 is 9.47 Å². The fourth-order valence-corrected chi connectivity index (χ4v) is 0.0962. The third-order valence-corrected chi connectivity index (χ3v) is 0.664. The molecule has 0 aromatic heterocycles. The van der Waals surface area contributed by atoms with E-state index in [1.54, 1.807) is 14.2 Å². The van der Waals surface area contributed by atoms with Gasteiger partial charge in [-0.15, -0.1) is 0 Å². The van der Waals surface area contributed by atoms with Gasteiger partial charge in [0.25, 0.3) is 0 Å². The molecule has 0 spiro atoms. The third-order valence-electron chi connectivity index (χ3n) is 0.664. The maximum absolute atomic E-state index is 4.81. The number of ether oxygens (including phenoxy) is 2. The van der Waals surface area contributed by atoms with Gasteiger partial charge in [0.2, 0.25) is 0 Å². The highest BCUT2D eigenvalue weighted by Crippen LogP contribution is 2.03. The lowest BCUT2D eigenvalue weighted by Crippen LogP contribution is -2.05. The van der Waals surface area contributed by atoms with Gasteiger partial charge in [-0.25, -0.2) is 0 Å². The summed E-state index contributed by atoms with van der Waals surface area (Å²) in [4.78, 5) is 0. The summed E-state index contributed by atoms with van der Waals surface area (Å²) in [6.45, 7) is 1.83. The lowest BCUT2D eigenvalue weighted by molar-refractivity contribution is -0.0877. The smallest absolute Gasteiger partial charge is 0.180 e. The van der Waals surface area contributed by atoms with Crippen LogP contribution in [0.5, 0.6) is 0 Å². The van der Waals surface area contributed by atoms with E-state index in [0.717, 1.165) is 0 Å². The Labute approximate surface area is 76.3 Å². The van der Waals surface area contributed by atoms with E-state index >= 15 is 0 Å². The number of rotatable bonds is 2. The Morgan fingerprint density at radius 1 is 1.00 bits per heavy atom. The maximum Gasteiger partial charge on any atom is 0.180 e. The van der Waals surface area contributed by atoms with Crippen molar-refractivity contribution in [3.63, 3.8) is 0 Å². The average molecular weight is 210 g/mol. The summed E-state index contributed by atoms with van der Waals surface area (Å²) in [5, 5.41) is 0. The molecule has 10 heavy (non-hydrogen) atoms. The van der Waals surface area contributed by atoms with E-state index < -0.39 is 4.30 Å². The second-order valence-corrected chi connectivity index (χ2v) is 3.27. The maximum atomic E-state index is 4.81. The molecule has 0 radical (unpaired) electrons. The summed E-state index contributed by atoms with van der Waals surface area (Å²) in [7, 11) is 3.21. The summed E-state index contributed by atoms with van der Waals surface area (Å²) in [5.74, 6) is 0. The summed E-state index contributed by atoms with van der Waals surface area (Å²) in [6, 6.07) is 0. The molecule has 0 saturated carbocycles. The van der Waals surface area contributed by atoms with Crippen LogP contribution < -0.4 is 0 Å². The van der Waals surface area contributed by atoms with E-state index in [1.165, 1.54) is 0 Å². The monoisotopic (exact) mass is 208 g/mol. The number of hydrogen-bond donors (Lipinski definition) is 0. The molecule has 0 amide bonds. The largest absolute Gasteiger partial charge is 0.356 e. The van der Waals surface area contributed by atoms with Gasteiger partial charge in [0.05, 0.1) is 0 Å². The first-order valence-corrected chi connectivity index (χ1v) is 3.83. The summed E-state index contributed by atoms with van der Waals surface area (Å²) in [5.41, 5.74) is 0. The minimum Gasteiger partial charge on any atom is -0.356 e. The standard InChI is InChI=1S/C4H10O2.CHCl3/c1-4(5-2)6-3;2-1(3)4/h4H,1-3H3;1H. The normalized spacial score (nSPS) is 9.60. The Morgan fingerprint density at radius 2 is 1.20 bits per heavy atom. The minimum atomic E-state index is -0.750. The SMILES string of the molecule is COC(C)OC.ClC(Cl)Cl. The zero-order valence-electron chi connectivity index (χ0n) is 6.11. The lowest BCUT2D eigenvalue weighted by Gasteiger charge is -2.03. The second-order valence-electron chi connectivity index (χ2n) is 1.29. The van der Waals surface area contributed by atoms with Gasteiger partial charge in [-0.2, -0.15) is 0 Å². The average Bonchev–Trinajstić information content (AvgIpc) is 1.85. The Morgan fingerprint density at radius 3 is 1.20 bits per heavy atom. The highest BCUT2D eigenvalue weighted by Gasteiger charge is 1.87. The van der Waals surface area contributed by atoms with Gasteiger partial charge < -0.3 is 9.47 Å². The van der Waals surface area contributed by atoms with Crippen LogP contribution in [0.15, 0.2) is 0 Å².